The number of aromatic nitrogens is 1. The van der Waals surface area contributed by atoms with Crippen LogP contribution in [0.2, 0.25) is 0 Å². The summed E-state index contributed by atoms with van der Waals surface area (Å²) in [4.78, 5) is 41.3. The molecule has 3 aromatic carbocycles. The van der Waals surface area contributed by atoms with Crippen molar-refractivity contribution in [1.29, 1.82) is 0 Å². The average Bonchev–Trinajstić information content (AvgIpc) is 3.36. The van der Waals surface area contributed by atoms with Crippen molar-refractivity contribution in [2.75, 3.05) is 10.6 Å². The molecule has 4 rings (SSSR count). The van der Waals surface area contributed by atoms with E-state index in [1.165, 1.54) is 35.2 Å². The van der Waals surface area contributed by atoms with Gasteiger partial charge in [-0.25, -0.2) is 4.98 Å². The summed E-state index contributed by atoms with van der Waals surface area (Å²) in [5.41, 5.74) is 2.76. The van der Waals surface area contributed by atoms with Crippen molar-refractivity contribution >= 4 is 51.4 Å². The summed E-state index contributed by atoms with van der Waals surface area (Å²) >= 11 is 2.67. The predicted molar refractivity (Wildman–Crippen MR) is 148 cm³/mol. The van der Waals surface area contributed by atoms with Crippen LogP contribution in [0.5, 0.6) is 0 Å². The fraction of sp³-hybridized carbons (Fsp3) is 0.148. The fourth-order valence-electron chi connectivity index (χ4n) is 3.55. The first kappa shape index (κ1) is 26.1. The van der Waals surface area contributed by atoms with Crippen molar-refractivity contribution < 1.29 is 14.5 Å². The molecule has 0 aliphatic heterocycles. The molecule has 37 heavy (non-hydrogen) atoms. The van der Waals surface area contributed by atoms with E-state index in [-0.39, 0.29) is 29.2 Å². The Morgan fingerprint density at radius 3 is 2.57 bits per heavy atom. The number of carbonyl (C=O) groups is 2. The Balaban J connectivity index is 1.37. The Bertz CT molecular complexity index is 1410. The molecule has 188 valence electrons. The molecule has 4 aromatic rings. The molecule has 0 aliphatic rings. The summed E-state index contributed by atoms with van der Waals surface area (Å²) in [5, 5.41) is 18.6. The number of carbonyl (C=O) groups excluding carboxylic acids is 2. The van der Waals surface area contributed by atoms with Crippen molar-refractivity contribution in [3.8, 4) is 11.3 Å². The van der Waals surface area contributed by atoms with E-state index in [4.69, 9.17) is 0 Å². The molecule has 8 nitrogen and oxygen atoms in total. The molecule has 0 saturated heterocycles. The second-order valence-corrected chi connectivity index (χ2v) is 10.2. The number of nitrogens with one attached hydrogen (secondary N) is 2. The molecule has 1 heterocycles. The molecular weight excluding hydrogens is 508 g/mol. The third kappa shape index (κ3) is 7.25. The zero-order valence-corrected chi connectivity index (χ0v) is 21.6. The SMILES string of the molecule is CCC(Sc1cccc(NC(=O)Cc2ccccc2)c1)C(=O)Nc1nc(-c2cccc([N+](=O)[O-])c2)cs1. The van der Waals surface area contributed by atoms with Crippen LogP contribution in [0.25, 0.3) is 11.3 Å². The lowest BCUT2D eigenvalue weighted by molar-refractivity contribution is -0.384. The summed E-state index contributed by atoms with van der Waals surface area (Å²) in [6.45, 7) is 1.93. The van der Waals surface area contributed by atoms with E-state index in [0.717, 1.165) is 10.5 Å². The van der Waals surface area contributed by atoms with E-state index in [1.54, 1.807) is 17.5 Å². The highest BCUT2D eigenvalue weighted by Crippen LogP contribution is 2.31. The van der Waals surface area contributed by atoms with Gasteiger partial charge >= 0.3 is 0 Å². The second kappa shape index (κ2) is 12.3. The molecule has 1 unspecified atom stereocenters. The zero-order chi connectivity index (χ0) is 26.2. The number of nitrogens with zero attached hydrogens (tertiary/aromatic N) is 2. The number of hydrogen-bond acceptors (Lipinski definition) is 7. The van der Waals surface area contributed by atoms with Gasteiger partial charge < -0.3 is 10.6 Å². The van der Waals surface area contributed by atoms with Gasteiger partial charge in [0, 0.05) is 33.7 Å². The number of thioether (sulfide) groups is 1. The van der Waals surface area contributed by atoms with E-state index >= 15 is 0 Å². The monoisotopic (exact) mass is 532 g/mol. The van der Waals surface area contributed by atoms with E-state index in [2.05, 4.69) is 15.6 Å². The first-order valence-corrected chi connectivity index (χ1v) is 13.3. The Morgan fingerprint density at radius 1 is 1.03 bits per heavy atom. The molecule has 2 amide bonds. The van der Waals surface area contributed by atoms with E-state index in [1.807, 2.05) is 61.5 Å². The Morgan fingerprint density at radius 2 is 1.81 bits per heavy atom. The number of benzene rings is 3. The number of hydrogen-bond donors (Lipinski definition) is 2. The van der Waals surface area contributed by atoms with Gasteiger partial charge in [0.05, 0.1) is 22.3 Å². The van der Waals surface area contributed by atoms with Gasteiger partial charge in [0.15, 0.2) is 5.13 Å². The first-order valence-electron chi connectivity index (χ1n) is 11.5. The molecule has 1 aromatic heterocycles. The Hall–Kier alpha value is -4.02. The maximum Gasteiger partial charge on any atom is 0.270 e. The van der Waals surface area contributed by atoms with Gasteiger partial charge in [-0.2, -0.15) is 0 Å². The van der Waals surface area contributed by atoms with Gasteiger partial charge in [0.2, 0.25) is 11.8 Å². The molecule has 0 saturated carbocycles. The number of non-ortho nitro benzene ring substituents is 1. The van der Waals surface area contributed by atoms with Gasteiger partial charge in [0.1, 0.15) is 0 Å². The number of nitro groups is 1. The van der Waals surface area contributed by atoms with Crippen molar-refractivity contribution in [1.82, 2.24) is 4.98 Å². The highest BCUT2D eigenvalue weighted by molar-refractivity contribution is 8.00. The summed E-state index contributed by atoms with van der Waals surface area (Å²) in [6, 6.07) is 23.2. The molecule has 0 spiro atoms. The minimum atomic E-state index is -0.453. The minimum Gasteiger partial charge on any atom is -0.326 e. The number of anilines is 2. The van der Waals surface area contributed by atoms with Crippen LogP contribution in [0.15, 0.2) is 89.1 Å². The zero-order valence-electron chi connectivity index (χ0n) is 19.9. The third-order valence-electron chi connectivity index (χ3n) is 5.35. The Kier molecular flexibility index (Phi) is 8.65. The van der Waals surface area contributed by atoms with Crippen LogP contribution in [-0.4, -0.2) is 27.0 Å². The van der Waals surface area contributed by atoms with Crippen molar-refractivity contribution in [2.45, 2.75) is 29.9 Å². The average molecular weight is 533 g/mol. The molecule has 0 fully saturated rings. The summed E-state index contributed by atoms with van der Waals surface area (Å²) < 4.78 is 0. The lowest BCUT2D eigenvalue weighted by atomic mass is 10.1. The van der Waals surface area contributed by atoms with Gasteiger partial charge in [0.25, 0.3) is 5.69 Å². The second-order valence-electron chi connectivity index (χ2n) is 8.09. The van der Waals surface area contributed by atoms with Crippen molar-refractivity contribution in [3.05, 3.63) is 99.9 Å². The number of thiazole rings is 1. The lowest BCUT2D eigenvalue weighted by Gasteiger charge is -2.14. The largest absolute Gasteiger partial charge is 0.326 e. The van der Waals surface area contributed by atoms with Crippen molar-refractivity contribution in [2.24, 2.45) is 0 Å². The topological polar surface area (TPSA) is 114 Å². The first-order chi connectivity index (χ1) is 17.9. The van der Waals surface area contributed by atoms with Crippen LogP contribution in [0.1, 0.15) is 18.9 Å². The predicted octanol–water partition coefficient (Wildman–Crippen LogP) is 6.41. The van der Waals surface area contributed by atoms with Crippen molar-refractivity contribution in [3.63, 3.8) is 0 Å². The van der Waals surface area contributed by atoms with Gasteiger partial charge in [-0.15, -0.1) is 23.1 Å². The number of rotatable bonds is 10. The quantitative estimate of drug-likeness (QED) is 0.139. The number of nitro benzene ring substituents is 1. The lowest BCUT2D eigenvalue weighted by Crippen LogP contribution is -2.24. The number of amides is 2. The third-order valence-corrected chi connectivity index (χ3v) is 7.47. The maximum atomic E-state index is 13.0. The molecule has 0 radical (unpaired) electrons. The summed E-state index contributed by atoms with van der Waals surface area (Å²) in [5.74, 6) is -0.299. The maximum absolute atomic E-state index is 13.0. The normalized spacial score (nSPS) is 11.5. The molecular formula is C27H24N4O4S2. The summed E-state index contributed by atoms with van der Waals surface area (Å²) in [6.07, 6.45) is 0.870. The standard InChI is InChI=1S/C27H24N4O4S2/c1-2-24(26(33)30-27-29-23(17-36-27)19-10-6-12-21(15-19)31(34)35)37-22-13-7-11-20(16-22)28-25(32)14-18-8-4-3-5-9-18/h3-13,15-17,24H,2,14H2,1H3,(H,28,32)(H,29,30,33). The van der Waals surface area contributed by atoms with E-state index < -0.39 is 4.92 Å². The molecule has 2 N–H and O–H groups in total. The molecule has 0 aliphatic carbocycles. The van der Waals surface area contributed by atoms with Crippen LogP contribution in [0, 0.1) is 10.1 Å². The van der Waals surface area contributed by atoms with E-state index in [0.29, 0.717) is 28.5 Å². The van der Waals surface area contributed by atoms with Crippen LogP contribution in [-0.2, 0) is 16.0 Å². The molecule has 10 heteroatoms. The van der Waals surface area contributed by atoms with Gasteiger partial charge in [-0.05, 0) is 30.2 Å². The van der Waals surface area contributed by atoms with Crippen LogP contribution in [0.3, 0.4) is 0 Å². The fourth-order valence-corrected chi connectivity index (χ4v) is 5.28. The van der Waals surface area contributed by atoms with Crippen LogP contribution >= 0.6 is 23.1 Å². The smallest absolute Gasteiger partial charge is 0.270 e. The van der Waals surface area contributed by atoms with Gasteiger partial charge in [-0.3, -0.25) is 19.7 Å². The molecule has 1 atom stereocenters. The Labute approximate surface area is 222 Å². The highest BCUT2D eigenvalue weighted by atomic mass is 32.2. The van der Waals surface area contributed by atoms with Gasteiger partial charge in [-0.1, -0.05) is 55.5 Å². The minimum absolute atomic E-state index is 0.0166. The van der Waals surface area contributed by atoms with E-state index in [9.17, 15) is 19.7 Å². The highest BCUT2D eigenvalue weighted by Gasteiger charge is 2.20. The van der Waals surface area contributed by atoms with Crippen LogP contribution in [0.4, 0.5) is 16.5 Å². The van der Waals surface area contributed by atoms with Crippen LogP contribution < -0.4 is 10.6 Å². The molecule has 0 bridgehead atoms. The summed E-state index contributed by atoms with van der Waals surface area (Å²) in [7, 11) is 0.